The SMILES string of the molecule is CCCOc1ccc(C2C3=C(OC4CCC(Cl)CC4C3=O)C(=O)N2c2nnc(CC)s2)cc1. The Kier molecular flexibility index (Phi) is 6.14. The molecule has 7 nitrogen and oxygen atoms in total. The molecule has 4 unspecified atom stereocenters. The smallest absolute Gasteiger partial charge is 0.296 e. The van der Waals surface area contributed by atoms with Crippen LogP contribution in [0.4, 0.5) is 5.13 Å². The molecule has 0 bridgehead atoms. The van der Waals surface area contributed by atoms with Crippen LogP contribution >= 0.6 is 22.9 Å². The number of nitrogens with zero attached hydrogens (tertiary/aromatic N) is 3. The normalized spacial score (nSPS) is 26.8. The Hall–Kier alpha value is -2.45. The zero-order valence-corrected chi connectivity index (χ0v) is 20.2. The third kappa shape index (κ3) is 3.93. The zero-order valence-electron chi connectivity index (χ0n) is 18.6. The maximum Gasteiger partial charge on any atom is 0.296 e. The van der Waals surface area contributed by atoms with Crippen molar-refractivity contribution in [2.45, 2.75) is 63.5 Å². The number of benzene rings is 1. The number of ether oxygens (including phenoxy) is 2. The quantitative estimate of drug-likeness (QED) is 0.553. The van der Waals surface area contributed by atoms with Crippen LogP contribution in [-0.2, 0) is 20.7 Å². The standard InChI is InChI=1S/C24H26ClN3O4S/c1-3-11-31-15-8-5-13(6-9-15)20-19-21(29)16-12-14(25)7-10-17(16)32-22(19)23(30)28(20)24-27-26-18(4-2)33-24/h5-6,8-9,14,16-17,20H,3-4,7,10-12H2,1-2H3. The highest BCUT2D eigenvalue weighted by Gasteiger charge is 2.53. The van der Waals surface area contributed by atoms with Crippen LogP contribution in [-0.4, -0.2) is 40.0 Å². The summed E-state index contributed by atoms with van der Waals surface area (Å²) in [6, 6.07) is 6.93. The first-order valence-electron chi connectivity index (χ1n) is 11.5. The Morgan fingerprint density at radius 2 is 1.97 bits per heavy atom. The number of alkyl halides is 1. The molecule has 0 spiro atoms. The molecule has 33 heavy (non-hydrogen) atoms. The van der Waals surface area contributed by atoms with Crippen molar-refractivity contribution >= 4 is 39.8 Å². The summed E-state index contributed by atoms with van der Waals surface area (Å²) in [6.07, 6.45) is 3.33. The zero-order chi connectivity index (χ0) is 23.1. The predicted molar refractivity (Wildman–Crippen MR) is 126 cm³/mol. The van der Waals surface area contributed by atoms with Gasteiger partial charge in [-0.05, 0) is 49.8 Å². The fraction of sp³-hybridized carbons (Fsp3) is 0.500. The van der Waals surface area contributed by atoms with Gasteiger partial charge in [0.1, 0.15) is 16.9 Å². The van der Waals surface area contributed by atoms with Crippen LogP contribution in [0.2, 0.25) is 0 Å². The van der Waals surface area contributed by atoms with E-state index < -0.39 is 6.04 Å². The highest BCUT2D eigenvalue weighted by Crippen LogP contribution is 2.49. The monoisotopic (exact) mass is 487 g/mol. The van der Waals surface area contributed by atoms with Crippen LogP contribution < -0.4 is 9.64 Å². The molecule has 0 N–H and O–H groups in total. The third-order valence-corrected chi connectivity index (χ3v) is 7.88. The highest BCUT2D eigenvalue weighted by atomic mass is 35.5. The average Bonchev–Trinajstić information content (AvgIpc) is 3.41. The summed E-state index contributed by atoms with van der Waals surface area (Å²) in [6.45, 7) is 4.67. The average molecular weight is 488 g/mol. The number of aromatic nitrogens is 2. The van der Waals surface area contributed by atoms with E-state index in [1.807, 2.05) is 31.2 Å². The topological polar surface area (TPSA) is 81.6 Å². The Labute approximate surface area is 201 Å². The number of halogens is 1. The molecule has 0 radical (unpaired) electrons. The fourth-order valence-corrected chi connectivity index (χ4v) is 5.90. The Bertz CT molecular complexity index is 1100. The van der Waals surface area contributed by atoms with E-state index in [1.54, 1.807) is 4.90 Å². The van der Waals surface area contributed by atoms with Crippen LogP contribution in [0, 0.1) is 5.92 Å². The molecule has 1 amide bonds. The lowest BCUT2D eigenvalue weighted by Gasteiger charge is -2.37. The molecule has 2 aromatic rings. The molecule has 3 aliphatic rings. The van der Waals surface area contributed by atoms with Crippen molar-refractivity contribution in [3.8, 4) is 5.75 Å². The van der Waals surface area contributed by atoms with Crippen molar-refractivity contribution in [2.24, 2.45) is 5.92 Å². The lowest BCUT2D eigenvalue weighted by atomic mass is 9.77. The Morgan fingerprint density at radius 1 is 1.18 bits per heavy atom. The largest absolute Gasteiger partial charge is 0.494 e. The molecule has 9 heteroatoms. The lowest BCUT2D eigenvalue weighted by molar-refractivity contribution is -0.131. The number of hydrogen-bond acceptors (Lipinski definition) is 7. The molecule has 1 fully saturated rings. The first kappa shape index (κ1) is 22.3. The Morgan fingerprint density at radius 3 is 2.67 bits per heavy atom. The summed E-state index contributed by atoms with van der Waals surface area (Å²) in [5.41, 5.74) is 1.21. The van der Waals surface area contributed by atoms with Gasteiger partial charge in [-0.15, -0.1) is 21.8 Å². The summed E-state index contributed by atoms with van der Waals surface area (Å²) >= 11 is 7.76. The van der Waals surface area contributed by atoms with Gasteiger partial charge < -0.3 is 9.47 Å². The van der Waals surface area contributed by atoms with E-state index in [1.165, 1.54) is 11.3 Å². The van der Waals surface area contributed by atoms with Crippen molar-refractivity contribution in [3.63, 3.8) is 0 Å². The number of fused-ring (bicyclic) bond motifs is 1. The predicted octanol–water partition coefficient (Wildman–Crippen LogP) is 4.61. The van der Waals surface area contributed by atoms with Crippen molar-refractivity contribution in [2.75, 3.05) is 11.5 Å². The maximum atomic E-state index is 13.7. The number of amides is 1. The van der Waals surface area contributed by atoms with Gasteiger partial charge in [-0.3, -0.25) is 14.5 Å². The van der Waals surface area contributed by atoms with Gasteiger partial charge in [-0.2, -0.15) is 0 Å². The van der Waals surface area contributed by atoms with Crippen LogP contribution in [0.15, 0.2) is 35.6 Å². The molecule has 4 atom stereocenters. The number of rotatable bonds is 6. The molecule has 2 aliphatic heterocycles. The number of carbonyl (C=O) groups excluding carboxylic acids is 2. The van der Waals surface area contributed by atoms with Gasteiger partial charge in [-0.1, -0.05) is 37.3 Å². The second kappa shape index (κ2) is 9.06. The van der Waals surface area contributed by atoms with E-state index in [0.717, 1.165) is 35.6 Å². The van der Waals surface area contributed by atoms with Gasteiger partial charge in [0.2, 0.25) is 5.13 Å². The number of anilines is 1. The van der Waals surface area contributed by atoms with Crippen LogP contribution in [0.5, 0.6) is 5.75 Å². The van der Waals surface area contributed by atoms with E-state index in [9.17, 15) is 9.59 Å². The molecule has 5 rings (SSSR count). The van der Waals surface area contributed by atoms with Crippen LogP contribution in [0.3, 0.4) is 0 Å². The third-order valence-electron chi connectivity index (χ3n) is 6.42. The minimum absolute atomic E-state index is 0.0426. The molecule has 1 aromatic heterocycles. The fourth-order valence-electron chi connectivity index (χ4n) is 4.78. The van der Waals surface area contributed by atoms with Crippen molar-refractivity contribution in [1.82, 2.24) is 10.2 Å². The van der Waals surface area contributed by atoms with E-state index in [0.29, 0.717) is 30.2 Å². The van der Waals surface area contributed by atoms with E-state index >= 15 is 0 Å². The van der Waals surface area contributed by atoms with Gasteiger partial charge in [0, 0.05) is 5.38 Å². The molecular weight excluding hydrogens is 462 g/mol. The first-order valence-corrected chi connectivity index (χ1v) is 12.7. The molecule has 1 aromatic carbocycles. The second-order valence-corrected chi connectivity index (χ2v) is 10.3. The van der Waals surface area contributed by atoms with Crippen molar-refractivity contribution in [1.29, 1.82) is 0 Å². The van der Waals surface area contributed by atoms with E-state index in [2.05, 4.69) is 17.1 Å². The number of aryl methyl sites for hydroxylation is 1. The molecular formula is C24H26ClN3O4S. The second-order valence-electron chi connectivity index (χ2n) is 8.61. The highest BCUT2D eigenvalue weighted by molar-refractivity contribution is 7.15. The van der Waals surface area contributed by atoms with E-state index in [4.69, 9.17) is 21.1 Å². The molecule has 0 saturated heterocycles. The summed E-state index contributed by atoms with van der Waals surface area (Å²) in [5.74, 6) is 0.194. The van der Waals surface area contributed by atoms with Crippen molar-refractivity contribution < 1.29 is 19.1 Å². The Balaban J connectivity index is 1.57. The summed E-state index contributed by atoms with van der Waals surface area (Å²) in [5, 5.41) is 9.72. The van der Waals surface area contributed by atoms with E-state index in [-0.39, 0.29) is 34.8 Å². The van der Waals surface area contributed by atoms with Gasteiger partial charge in [0.05, 0.1) is 24.1 Å². The van der Waals surface area contributed by atoms with Crippen molar-refractivity contribution in [3.05, 3.63) is 46.2 Å². The number of hydrogen-bond donors (Lipinski definition) is 0. The number of Topliss-reactive ketones (excluding diaryl/α,β-unsaturated/α-hetero) is 1. The molecule has 174 valence electrons. The minimum atomic E-state index is -0.616. The van der Waals surface area contributed by atoms with Gasteiger partial charge in [0.25, 0.3) is 5.91 Å². The number of ketones is 1. The van der Waals surface area contributed by atoms with Gasteiger partial charge in [0.15, 0.2) is 11.5 Å². The van der Waals surface area contributed by atoms with Crippen LogP contribution in [0.1, 0.15) is 56.1 Å². The summed E-state index contributed by atoms with van der Waals surface area (Å²) in [7, 11) is 0. The van der Waals surface area contributed by atoms with Gasteiger partial charge >= 0.3 is 0 Å². The maximum absolute atomic E-state index is 13.7. The summed E-state index contributed by atoms with van der Waals surface area (Å²) in [4.78, 5) is 28.9. The molecule has 1 saturated carbocycles. The van der Waals surface area contributed by atoms with Gasteiger partial charge in [-0.25, -0.2) is 0 Å². The number of carbonyl (C=O) groups is 2. The molecule has 3 heterocycles. The lowest BCUT2D eigenvalue weighted by Crippen LogP contribution is -2.41. The van der Waals surface area contributed by atoms with Crippen LogP contribution in [0.25, 0.3) is 0 Å². The minimum Gasteiger partial charge on any atom is -0.494 e. The first-order chi connectivity index (χ1) is 16.0. The molecule has 1 aliphatic carbocycles. The summed E-state index contributed by atoms with van der Waals surface area (Å²) < 4.78 is 11.9.